The van der Waals surface area contributed by atoms with Crippen molar-refractivity contribution in [3.63, 3.8) is 0 Å². The van der Waals surface area contributed by atoms with E-state index in [1.807, 2.05) is 6.92 Å². The van der Waals surface area contributed by atoms with Crippen LogP contribution in [0.3, 0.4) is 0 Å². The molecule has 0 aromatic heterocycles. The van der Waals surface area contributed by atoms with E-state index in [0.717, 1.165) is 12.7 Å². The van der Waals surface area contributed by atoms with Crippen LogP contribution in [-0.4, -0.2) is 12.9 Å². The van der Waals surface area contributed by atoms with Crippen LogP contribution >= 0.6 is 11.6 Å². The lowest BCUT2D eigenvalue weighted by Crippen LogP contribution is -1.95. The van der Waals surface area contributed by atoms with Crippen molar-refractivity contribution in [3.05, 3.63) is 28.8 Å². The number of ether oxygens (including phenoxy) is 1. The number of benzene rings is 1. The van der Waals surface area contributed by atoms with Crippen LogP contribution in [0.2, 0.25) is 5.02 Å². The van der Waals surface area contributed by atoms with Gasteiger partial charge in [0.25, 0.3) is 0 Å². The molecule has 0 aliphatic heterocycles. The summed E-state index contributed by atoms with van der Waals surface area (Å²) in [6.07, 6.45) is 1.68. The Bertz CT molecular complexity index is 297. The van der Waals surface area contributed by atoms with Crippen LogP contribution in [0.4, 0.5) is 0 Å². The zero-order valence-corrected chi connectivity index (χ0v) is 8.17. The quantitative estimate of drug-likeness (QED) is 0.696. The van der Waals surface area contributed by atoms with Gasteiger partial charge in [0.2, 0.25) is 0 Å². The van der Waals surface area contributed by atoms with E-state index in [9.17, 15) is 4.79 Å². The van der Waals surface area contributed by atoms with Crippen molar-refractivity contribution < 1.29 is 9.53 Å². The molecule has 0 aliphatic rings. The molecule has 0 aliphatic carbocycles. The number of rotatable bonds is 4. The first kappa shape index (κ1) is 10.1. The second kappa shape index (κ2) is 4.87. The molecule has 0 atom stereocenters. The Morgan fingerprint density at radius 2 is 2.31 bits per heavy atom. The van der Waals surface area contributed by atoms with E-state index in [1.54, 1.807) is 18.2 Å². The smallest absolute Gasteiger partial charge is 0.151 e. The number of hydrogen-bond acceptors (Lipinski definition) is 2. The zero-order valence-electron chi connectivity index (χ0n) is 7.42. The van der Waals surface area contributed by atoms with Crippen molar-refractivity contribution in [1.82, 2.24) is 0 Å². The Hall–Kier alpha value is -1.02. The minimum Gasteiger partial charge on any atom is -0.494 e. The topological polar surface area (TPSA) is 26.3 Å². The molecule has 13 heavy (non-hydrogen) atoms. The first-order valence-electron chi connectivity index (χ1n) is 4.15. The number of hydrogen-bond donors (Lipinski definition) is 0. The van der Waals surface area contributed by atoms with Gasteiger partial charge in [-0.15, -0.1) is 0 Å². The molecular formula is C10H11ClO2. The highest BCUT2D eigenvalue weighted by atomic mass is 35.5. The van der Waals surface area contributed by atoms with Crippen LogP contribution < -0.4 is 4.74 Å². The number of halogens is 1. The first-order chi connectivity index (χ1) is 6.27. The van der Waals surface area contributed by atoms with Gasteiger partial charge in [-0.05, 0) is 24.6 Å². The molecule has 0 bridgehead atoms. The highest BCUT2D eigenvalue weighted by Crippen LogP contribution is 2.21. The summed E-state index contributed by atoms with van der Waals surface area (Å²) >= 11 is 5.80. The van der Waals surface area contributed by atoms with E-state index < -0.39 is 0 Å². The summed E-state index contributed by atoms with van der Waals surface area (Å²) < 4.78 is 5.34. The summed E-state index contributed by atoms with van der Waals surface area (Å²) in [6, 6.07) is 5.05. The fraction of sp³-hybridized carbons (Fsp3) is 0.300. The zero-order chi connectivity index (χ0) is 9.68. The van der Waals surface area contributed by atoms with E-state index in [-0.39, 0.29) is 0 Å². The third kappa shape index (κ3) is 2.74. The number of carbonyl (C=O) groups is 1. The van der Waals surface area contributed by atoms with Crippen molar-refractivity contribution in [2.45, 2.75) is 13.3 Å². The standard InChI is InChI=1S/C10H11ClO2/c1-2-5-13-9-4-3-8(7-12)10(11)6-9/h3-4,6-7H,2,5H2,1H3. The molecule has 0 spiro atoms. The number of aldehydes is 1. The van der Waals surface area contributed by atoms with Crippen LogP contribution in [-0.2, 0) is 0 Å². The fourth-order valence-corrected chi connectivity index (χ4v) is 1.13. The maximum Gasteiger partial charge on any atom is 0.151 e. The molecule has 2 nitrogen and oxygen atoms in total. The Balaban J connectivity index is 2.77. The van der Waals surface area contributed by atoms with E-state index in [2.05, 4.69) is 0 Å². The Kier molecular flexibility index (Phi) is 3.77. The van der Waals surface area contributed by atoms with E-state index in [1.165, 1.54) is 0 Å². The van der Waals surface area contributed by atoms with Gasteiger partial charge in [0.15, 0.2) is 6.29 Å². The Labute approximate surface area is 82.5 Å². The lowest BCUT2D eigenvalue weighted by Gasteiger charge is -2.04. The van der Waals surface area contributed by atoms with Gasteiger partial charge in [-0.1, -0.05) is 18.5 Å². The second-order valence-corrected chi connectivity index (χ2v) is 3.06. The summed E-state index contributed by atoms with van der Waals surface area (Å²) in [5, 5.41) is 0.434. The minimum atomic E-state index is 0.434. The van der Waals surface area contributed by atoms with Gasteiger partial charge in [0.1, 0.15) is 5.75 Å². The molecule has 1 aromatic rings. The minimum absolute atomic E-state index is 0.434. The first-order valence-corrected chi connectivity index (χ1v) is 4.53. The van der Waals surface area contributed by atoms with Crippen LogP contribution in [0.1, 0.15) is 23.7 Å². The predicted octanol–water partition coefficient (Wildman–Crippen LogP) is 2.94. The summed E-state index contributed by atoms with van der Waals surface area (Å²) in [5.74, 6) is 0.706. The molecule has 70 valence electrons. The van der Waals surface area contributed by atoms with Gasteiger partial charge in [0.05, 0.1) is 11.6 Å². The highest BCUT2D eigenvalue weighted by molar-refractivity contribution is 6.33. The van der Waals surface area contributed by atoms with Gasteiger partial charge in [-0.2, -0.15) is 0 Å². The van der Waals surface area contributed by atoms with Crippen LogP contribution in [0.15, 0.2) is 18.2 Å². The molecule has 0 fully saturated rings. The molecular weight excluding hydrogens is 188 g/mol. The van der Waals surface area contributed by atoms with Crippen LogP contribution in [0.25, 0.3) is 0 Å². The van der Waals surface area contributed by atoms with Crippen molar-refractivity contribution in [1.29, 1.82) is 0 Å². The Morgan fingerprint density at radius 1 is 1.54 bits per heavy atom. The number of carbonyl (C=O) groups excluding carboxylic acids is 1. The van der Waals surface area contributed by atoms with Crippen molar-refractivity contribution >= 4 is 17.9 Å². The van der Waals surface area contributed by atoms with E-state index >= 15 is 0 Å². The Morgan fingerprint density at radius 3 is 2.85 bits per heavy atom. The van der Waals surface area contributed by atoms with Crippen molar-refractivity contribution in [3.8, 4) is 5.75 Å². The summed E-state index contributed by atoms with van der Waals surface area (Å²) in [6.45, 7) is 2.69. The average molecular weight is 199 g/mol. The second-order valence-electron chi connectivity index (χ2n) is 2.65. The molecule has 0 heterocycles. The van der Waals surface area contributed by atoms with Gasteiger partial charge < -0.3 is 4.74 Å². The normalized spacial score (nSPS) is 9.69. The summed E-state index contributed by atoms with van der Waals surface area (Å²) in [4.78, 5) is 10.4. The molecule has 1 rings (SSSR count). The van der Waals surface area contributed by atoms with Gasteiger partial charge in [0, 0.05) is 5.56 Å². The third-order valence-corrected chi connectivity index (χ3v) is 1.90. The lowest BCUT2D eigenvalue weighted by molar-refractivity contribution is 0.112. The molecule has 0 amide bonds. The molecule has 3 heteroatoms. The largest absolute Gasteiger partial charge is 0.494 e. The fourth-order valence-electron chi connectivity index (χ4n) is 0.913. The lowest BCUT2D eigenvalue weighted by atomic mass is 10.2. The molecule has 0 saturated carbocycles. The maximum atomic E-state index is 10.4. The van der Waals surface area contributed by atoms with E-state index in [0.29, 0.717) is 22.9 Å². The van der Waals surface area contributed by atoms with Crippen LogP contribution in [0.5, 0.6) is 5.75 Å². The van der Waals surface area contributed by atoms with E-state index in [4.69, 9.17) is 16.3 Å². The maximum absolute atomic E-state index is 10.4. The monoisotopic (exact) mass is 198 g/mol. The van der Waals surface area contributed by atoms with Crippen molar-refractivity contribution in [2.24, 2.45) is 0 Å². The molecule has 0 unspecified atom stereocenters. The van der Waals surface area contributed by atoms with Crippen LogP contribution in [0, 0.1) is 0 Å². The third-order valence-electron chi connectivity index (χ3n) is 1.57. The molecule has 0 radical (unpaired) electrons. The summed E-state index contributed by atoms with van der Waals surface area (Å²) in [5.41, 5.74) is 0.491. The average Bonchev–Trinajstić information content (AvgIpc) is 2.15. The van der Waals surface area contributed by atoms with Crippen molar-refractivity contribution in [2.75, 3.05) is 6.61 Å². The highest BCUT2D eigenvalue weighted by Gasteiger charge is 2.00. The SMILES string of the molecule is CCCOc1ccc(C=O)c(Cl)c1. The van der Waals surface area contributed by atoms with Gasteiger partial charge in [-0.25, -0.2) is 0 Å². The molecule has 1 aromatic carbocycles. The molecule has 0 saturated heterocycles. The molecule has 0 N–H and O–H groups in total. The summed E-state index contributed by atoms with van der Waals surface area (Å²) in [7, 11) is 0. The van der Waals surface area contributed by atoms with Gasteiger partial charge >= 0.3 is 0 Å². The predicted molar refractivity (Wildman–Crippen MR) is 52.6 cm³/mol. The van der Waals surface area contributed by atoms with Gasteiger partial charge in [-0.3, -0.25) is 4.79 Å².